The third kappa shape index (κ3) is 12.1. The third-order valence-corrected chi connectivity index (χ3v) is 7.04. The Bertz CT molecular complexity index is 1040. The Morgan fingerprint density at radius 1 is 0.564 bits per heavy atom. The van der Waals surface area contributed by atoms with Crippen LogP contribution < -0.4 is 9.47 Å². The van der Waals surface area contributed by atoms with E-state index in [-0.39, 0.29) is 0 Å². The van der Waals surface area contributed by atoms with Gasteiger partial charge < -0.3 is 14.2 Å². The minimum Gasteiger partial charge on any atom is -0.494 e. The van der Waals surface area contributed by atoms with Gasteiger partial charge in [-0.05, 0) is 72.2 Å². The first-order chi connectivity index (χ1) is 19.3. The van der Waals surface area contributed by atoms with Crippen LogP contribution in [0.25, 0.3) is 17.2 Å². The highest BCUT2D eigenvalue weighted by Gasteiger charge is 2.02. The highest BCUT2D eigenvalue weighted by Crippen LogP contribution is 2.25. The number of unbranched alkanes of at least 4 members (excludes halogenated alkanes) is 9. The van der Waals surface area contributed by atoms with Crippen molar-refractivity contribution in [3.8, 4) is 22.6 Å². The van der Waals surface area contributed by atoms with Crippen molar-refractivity contribution >= 4 is 6.08 Å². The summed E-state index contributed by atoms with van der Waals surface area (Å²) >= 11 is 0. The lowest BCUT2D eigenvalue weighted by atomic mass is 10.1. The minimum atomic E-state index is 0.651. The molecule has 3 heteroatoms. The Morgan fingerprint density at radius 2 is 1.05 bits per heavy atom. The number of benzene rings is 3. The Balaban J connectivity index is 1.23. The molecule has 0 amide bonds. The zero-order chi connectivity index (χ0) is 27.4. The van der Waals surface area contributed by atoms with Gasteiger partial charge >= 0.3 is 0 Å². The standard InChI is InChI=1S/C36H48O3/c1-3-5-6-7-8-9-15-28-38-35-23-19-32(20-24-35)33-21-25-36(26-22-33)39-29-16-11-10-14-27-37-30-34-18-13-12-17-31(34)4-2/h4,12-13,17-26H,2-3,5-11,14-16,27-30H2,1H3. The molecule has 0 atom stereocenters. The van der Waals surface area contributed by atoms with Crippen LogP contribution in [-0.4, -0.2) is 19.8 Å². The van der Waals surface area contributed by atoms with E-state index >= 15 is 0 Å². The van der Waals surface area contributed by atoms with Crippen molar-refractivity contribution < 1.29 is 14.2 Å². The summed E-state index contributed by atoms with van der Waals surface area (Å²) < 4.78 is 17.7. The van der Waals surface area contributed by atoms with Gasteiger partial charge in [0.05, 0.1) is 19.8 Å². The van der Waals surface area contributed by atoms with Gasteiger partial charge in [0.1, 0.15) is 11.5 Å². The van der Waals surface area contributed by atoms with Crippen LogP contribution in [0.15, 0.2) is 79.4 Å². The number of ether oxygens (including phenoxy) is 3. The second kappa shape index (κ2) is 19.1. The van der Waals surface area contributed by atoms with Gasteiger partial charge in [-0.1, -0.05) is 113 Å². The van der Waals surface area contributed by atoms with E-state index in [9.17, 15) is 0 Å². The summed E-state index contributed by atoms with van der Waals surface area (Å²) in [6, 6.07) is 25.1. The number of hydrogen-bond donors (Lipinski definition) is 0. The zero-order valence-corrected chi connectivity index (χ0v) is 24.0. The van der Waals surface area contributed by atoms with Gasteiger partial charge in [-0.2, -0.15) is 0 Å². The van der Waals surface area contributed by atoms with Gasteiger partial charge in [0.25, 0.3) is 0 Å². The molecule has 0 aliphatic carbocycles. The molecule has 0 aromatic heterocycles. The van der Waals surface area contributed by atoms with E-state index in [1.54, 1.807) is 0 Å². The van der Waals surface area contributed by atoms with E-state index < -0.39 is 0 Å². The predicted octanol–water partition coefficient (Wildman–Crippen LogP) is 10.3. The van der Waals surface area contributed by atoms with Crippen LogP contribution in [0.4, 0.5) is 0 Å². The fraction of sp³-hybridized carbons (Fsp3) is 0.444. The van der Waals surface area contributed by atoms with E-state index in [0.717, 1.165) is 69.0 Å². The minimum absolute atomic E-state index is 0.651. The molecule has 0 saturated heterocycles. The van der Waals surface area contributed by atoms with Crippen LogP contribution in [-0.2, 0) is 11.3 Å². The van der Waals surface area contributed by atoms with Crippen LogP contribution >= 0.6 is 0 Å². The van der Waals surface area contributed by atoms with Crippen molar-refractivity contribution in [2.45, 2.75) is 84.2 Å². The molecule has 0 unspecified atom stereocenters. The van der Waals surface area contributed by atoms with E-state index in [1.807, 2.05) is 18.2 Å². The van der Waals surface area contributed by atoms with Crippen molar-refractivity contribution in [2.75, 3.05) is 19.8 Å². The van der Waals surface area contributed by atoms with Crippen molar-refractivity contribution in [2.24, 2.45) is 0 Å². The van der Waals surface area contributed by atoms with Crippen molar-refractivity contribution in [1.82, 2.24) is 0 Å². The first kappa shape index (κ1) is 30.5. The molecule has 39 heavy (non-hydrogen) atoms. The summed E-state index contributed by atoms with van der Waals surface area (Å²) in [6.45, 7) is 9.12. The van der Waals surface area contributed by atoms with E-state index in [4.69, 9.17) is 14.2 Å². The summed E-state index contributed by atoms with van der Waals surface area (Å²) in [4.78, 5) is 0. The lowest BCUT2D eigenvalue weighted by Gasteiger charge is -2.09. The number of hydrogen-bond acceptors (Lipinski definition) is 3. The molecule has 0 aliphatic heterocycles. The van der Waals surface area contributed by atoms with Gasteiger partial charge in [-0.3, -0.25) is 0 Å². The number of rotatable bonds is 21. The largest absolute Gasteiger partial charge is 0.494 e. The van der Waals surface area contributed by atoms with E-state index in [1.165, 1.54) is 55.2 Å². The van der Waals surface area contributed by atoms with Crippen LogP contribution in [0.3, 0.4) is 0 Å². The van der Waals surface area contributed by atoms with Crippen LogP contribution in [0.5, 0.6) is 11.5 Å². The molecule has 0 radical (unpaired) electrons. The topological polar surface area (TPSA) is 27.7 Å². The molecule has 0 N–H and O–H groups in total. The maximum absolute atomic E-state index is 5.96. The SMILES string of the molecule is C=Cc1ccccc1COCCCCCCOc1ccc(-c2ccc(OCCCCCCCCC)cc2)cc1. The smallest absolute Gasteiger partial charge is 0.119 e. The molecular weight excluding hydrogens is 480 g/mol. The fourth-order valence-electron chi connectivity index (χ4n) is 4.63. The highest BCUT2D eigenvalue weighted by atomic mass is 16.5. The van der Waals surface area contributed by atoms with Gasteiger partial charge in [0.15, 0.2) is 0 Å². The zero-order valence-electron chi connectivity index (χ0n) is 24.0. The molecule has 0 aliphatic rings. The molecule has 0 bridgehead atoms. The molecule has 210 valence electrons. The van der Waals surface area contributed by atoms with Crippen molar-refractivity contribution in [3.63, 3.8) is 0 Å². The van der Waals surface area contributed by atoms with Crippen molar-refractivity contribution in [3.05, 3.63) is 90.5 Å². The fourth-order valence-corrected chi connectivity index (χ4v) is 4.63. The van der Waals surface area contributed by atoms with E-state index in [0.29, 0.717) is 6.61 Å². The lowest BCUT2D eigenvalue weighted by Crippen LogP contribution is -1.99. The molecular formula is C36H48O3. The molecule has 0 fully saturated rings. The van der Waals surface area contributed by atoms with Gasteiger partial charge in [0, 0.05) is 6.61 Å². The predicted molar refractivity (Wildman–Crippen MR) is 166 cm³/mol. The van der Waals surface area contributed by atoms with E-state index in [2.05, 4.69) is 74.2 Å². The molecule has 3 rings (SSSR count). The Morgan fingerprint density at radius 3 is 1.59 bits per heavy atom. The Kier molecular flexibility index (Phi) is 14.9. The van der Waals surface area contributed by atoms with Crippen LogP contribution in [0.2, 0.25) is 0 Å². The molecule has 0 heterocycles. The monoisotopic (exact) mass is 528 g/mol. The summed E-state index contributed by atoms with van der Waals surface area (Å²) in [5.74, 6) is 1.88. The Hall–Kier alpha value is -3.04. The first-order valence-corrected chi connectivity index (χ1v) is 15.0. The molecule has 3 nitrogen and oxygen atoms in total. The normalized spacial score (nSPS) is 10.9. The average molecular weight is 529 g/mol. The van der Waals surface area contributed by atoms with Gasteiger partial charge in [-0.25, -0.2) is 0 Å². The average Bonchev–Trinajstić information content (AvgIpc) is 2.98. The maximum atomic E-state index is 5.96. The molecule has 3 aromatic rings. The summed E-state index contributed by atoms with van der Waals surface area (Å²) in [5.41, 5.74) is 4.74. The highest BCUT2D eigenvalue weighted by molar-refractivity contribution is 5.64. The lowest BCUT2D eigenvalue weighted by molar-refractivity contribution is 0.116. The Labute approximate surface area is 237 Å². The van der Waals surface area contributed by atoms with Crippen molar-refractivity contribution in [1.29, 1.82) is 0 Å². The van der Waals surface area contributed by atoms with Crippen LogP contribution in [0, 0.1) is 0 Å². The molecule has 3 aromatic carbocycles. The first-order valence-electron chi connectivity index (χ1n) is 15.0. The maximum Gasteiger partial charge on any atom is 0.119 e. The summed E-state index contributed by atoms with van der Waals surface area (Å²) in [5, 5.41) is 0. The second-order valence-electron chi connectivity index (χ2n) is 10.2. The quantitative estimate of drug-likeness (QED) is 0.129. The molecule has 0 saturated carbocycles. The second-order valence-corrected chi connectivity index (χ2v) is 10.2. The third-order valence-electron chi connectivity index (χ3n) is 7.04. The van der Waals surface area contributed by atoms with Crippen LogP contribution in [0.1, 0.15) is 88.7 Å². The summed E-state index contributed by atoms with van der Waals surface area (Å²) in [7, 11) is 0. The van der Waals surface area contributed by atoms with Gasteiger partial charge in [-0.15, -0.1) is 0 Å². The molecule has 0 spiro atoms. The summed E-state index contributed by atoms with van der Waals surface area (Å²) in [6.07, 6.45) is 15.4. The van der Waals surface area contributed by atoms with Gasteiger partial charge in [0.2, 0.25) is 0 Å².